The van der Waals surface area contributed by atoms with E-state index >= 15 is 0 Å². The van der Waals surface area contributed by atoms with E-state index in [1.807, 2.05) is 6.92 Å². The van der Waals surface area contributed by atoms with Crippen LogP contribution in [0.25, 0.3) is 0 Å². The van der Waals surface area contributed by atoms with E-state index in [1.54, 1.807) is 0 Å². The maximum Gasteiger partial charge on any atom is 0.174 e. The van der Waals surface area contributed by atoms with Crippen LogP contribution in [-0.2, 0) is 28.5 Å². The van der Waals surface area contributed by atoms with Crippen molar-refractivity contribution in [1.29, 1.82) is 0 Å². The monoisotopic (exact) mass is 404 g/mol. The lowest BCUT2D eigenvalue weighted by atomic mass is 9.47. The van der Waals surface area contributed by atoms with Gasteiger partial charge in [-0.05, 0) is 26.2 Å². The van der Waals surface area contributed by atoms with E-state index in [4.69, 9.17) is 23.7 Å². The standard InChI is InChI=1S/C23H32O6/c1-20-14-16(24)19-15(5-8-21(2)25-10-11-26-21)17-6-9-22(19,29-17)18(20)4-3-7-23(20)27-12-13-28-23/h6,9,15,17-19H,3-5,7-8,10-14H2,1-2H3/t15-,17+,18+,19-,20-,22+/m0/s1. The molecule has 0 N–H and O–H groups in total. The third-order valence-electron chi connectivity index (χ3n) is 8.88. The minimum atomic E-state index is -0.627. The molecule has 0 aromatic carbocycles. The zero-order valence-corrected chi connectivity index (χ0v) is 17.5. The quantitative estimate of drug-likeness (QED) is 0.674. The largest absolute Gasteiger partial charge is 0.362 e. The first-order chi connectivity index (χ1) is 13.9. The van der Waals surface area contributed by atoms with E-state index in [0.717, 1.165) is 32.1 Å². The lowest BCUT2D eigenvalue weighted by Crippen LogP contribution is -2.66. The third-order valence-corrected chi connectivity index (χ3v) is 8.88. The fourth-order valence-corrected chi connectivity index (χ4v) is 7.65. The number of carbonyl (C=O) groups excluding carboxylic acids is 1. The smallest absolute Gasteiger partial charge is 0.174 e. The van der Waals surface area contributed by atoms with E-state index in [9.17, 15) is 4.79 Å². The zero-order chi connectivity index (χ0) is 19.9. The van der Waals surface area contributed by atoms with Gasteiger partial charge in [-0.1, -0.05) is 19.1 Å². The average Bonchev–Trinajstić information content (AvgIpc) is 3.46. The van der Waals surface area contributed by atoms with Gasteiger partial charge in [0.05, 0.1) is 38.4 Å². The van der Waals surface area contributed by atoms with Crippen LogP contribution in [0.5, 0.6) is 0 Å². The Labute approximate surface area is 172 Å². The van der Waals surface area contributed by atoms with E-state index in [2.05, 4.69) is 19.1 Å². The van der Waals surface area contributed by atoms with Crippen molar-refractivity contribution in [3.63, 3.8) is 0 Å². The summed E-state index contributed by atoms with van der Waals surface area (Å²) in [5, 5.41) is 0. The summed E-state index contributed by atoms with van der Waals surface area (Å²) in [6.07, 6.45) is 9.62. The first kappa shape index (κ1) is 18.9. The van der Waals surface area contributed by atoms with Crippen molar-refractivity contribution in [1.82, 2.24) is 0 Å². The molecule has 6 aliphatic rings. The van der Waals surface area contributed by atoms with Gasteiger partial charge in [0, 0.05) is 36.5 Å². The number of ether oxygens (including phenoxy) is 5. The van der Waals surface area contributed by atoms with Crippen molar-refractivity contribution in [2.24, 2.45) is 23.2 Å². The van der Waals surface area contributed by atoms with E-state index in [-0.39, 0.29) is 29.3 Å². The second-order valence-electron chi connectivity index (χ2n) is 10.3. The number of ketones is 1. The number of hydrogen-bond acceptors (Lipinski definition) is 6. The van der Waals surface area contributed by atoms with Gasteiger partial charge in [0.15, 0.2) is 11.6 Å². The number of Topliss-reactive ketones (excluding diaryl/α,β-unsaturated/α-hetero) is 1. The Hall–Kier alpha value is -0.790. The van der Waals surface area contributed by atoms with Gasteiger partial charge in [0.1, 0.15) is 11.4 Å². The number of fused-ring (bicyclic) bond motifs is 3. The summed E-state index contributed by atoms with van der Waals surface area (Å²) < 4.78 is 30.8. The molecule has 0 aromatic rings. The average molecular weight is 405 g/mol. The van der Waals surface area contributed by atoms with Gasteiger partial charge in [-0.2, -0.15) is 0 Å². The Kier molecular flexibility index (Phi) is 4.00. The maximum absolute atomic E-state index is 13.7. The molecule has 2 aliphatic carbocycles. The minimum absolute atomic E-state index is 0.0135. The van der Waals surface area contributed by atoms with Crippen molar-refractivity contribution < 1.29 is 28.5 Å². The van der Waals surface area contributed by atoms with Gasteiger partial charge in [-0.25, -0.2) is 0 Å². The summed E-state index contributed by atoms with van der Waals surface area (Å²) in [6.45, 7) is 6.76. The molecule has 0 radical (unpaired) electrons. The third kappa shape index (κ3) is 2.38. The Balaban J connectivity index is 1.32. The van der Waals surface area contributed by atoms with Crippen molar-refractivity contribution in [2.45, 2.75) is 75.7 Å². The molecule has 6 rings (SSSR count). The van der Waals surface area contributed by atoms with Crippen LogP contribution in [-0.4, -0.2) is 55.5 Å². The SMILES string of the molecule is CC1(CC[C@@H]2[C@H]3C(=O)C[C@@]4(C)[C@@H](CCCC45OCCO5)[C@]34C=C[C@H]2O4)OCCO1. The molecule has 2 spiro atoms. The summed E-state index contributed by atoms with van der Waals surface area (Å²) in [4.78, 5) is 13.7. The number of carbonyl (C=O) groups is 1. The summed E-state index contributed by atoms with van der Waals surface area (Å²) in [5.41, 5.74) is -0.840. The molecule has 6 heteroatoms. The van der Waals surface area contributed by atoms with Gasteiger partial charge < -0.3 is 23.7 Å². The van der Waals surface area contributed by atoms with Crippen LogP contribution in [0.4, 0.5) is 0 Å². The maximum atomic E-state index is 13.7. The highest BCUT2D eigenvalue weighted by atomic mass is 16.7. The van der Waals surface area contributed by atoms with Crippen molar-refractivity contribution in [3.8, 4) is 0 Å². The summed E-state index contributed by atoms with van der Waals surface area (Å²) in [7, 11) is 0. The van der Waals surface area contributed by atoms with Crippen LogP contribution in [0.1, 0.15) is 52.4 Å². The molecule has 2 saturated carbocycles. The molecule has 4 aliphatic heterocycles. The van der Waals surface area contributed by atoms with Gasteiger partial charge in [-0.15, -0.1) is 0 Å². The minimum Gasteiger partial charge on any atom is -0.362 e. The van der Waals surface area contributed by atoms with Gasteiger partial charge in [0.2, 0.25) is 0 Å². The van der Waals surface area contributed by atoms with Gasteiger partial charge >= 0.3 is 0 Å². The molecule has 29 heavy (non-hydrogen) atoms. The van der Waals surface area contributed by atoms with Crippen molar-refractivity contribution in [3.05, 3.63) is 12.2 Å². The molecule has 4 heterocycles. The molecule has 0 aromatic heterocycles. The first-order valence-electron chi connectivity index (χ1n) is 11.4. The molecule has 5 fully saturated rings. The van der Waals surface area contributed by atoms with E-state index in [0.29, 0.717) is 38.6 Å². The Morgan fingerprint density at radius 3 is 2.55 bits per heavy atom. The Bertz CT molecular complexity index is 736. The van der Waals surface area contributed by atoms with Crippen LogP contribution in [0, 0.1) is 23.2 Å². The molecule has 160 valence electrons. The predicted molar refractivity (Wildman–Crippen MR) is 103 cm³/mol. The highest BCUT2D eigenvalue weighted by Crippen LogP contribution is 2.67. The van der Waals surface area contributed by atoms with Crippen molar-refractivity contribution >= 4 is 5.78 Å². The highest BCUT2D eigenvalue weighted by molar-refractivity contribution is 5.86. The molecule has 3 saturated heterocycles. The lowest BCUT2D eigenvalue weighted by molar-refractivity contribution is -0.293. The van der Waals surface area contributed by atoms with Crippen LogP contribution in [0.2, 0.25) is 0 Å². The number of rotatable bonds is 3. The summed E-state index contributed by atoms with van der Waals surface area (Å²) >= 11 is 0. The second kappa shape index (κ2) is 6.13. The molecular weight excluding hydrogens is 372 g/mol. The molecule has 6 nitrogen and oxygen atoms in total. The molecule has 6 atom stereocenters. The van der Waals surface area contributed by atoms with E-state index < -0.39 is 17.2 Å². The number of hydrogen-bond donors (Lipinski definition) is 0. The highest BCUT2D eigenvalue weighted by Gasteiger charge is 2.73. The van der Waals surface area contributed by atoms with Crippen LogP contribution in [0.3, 0.4) is 0 Å². The second-order valence-corrected chi connectivity index (χ2v) is 10.3. The normalized spacial score (nSPS) is 49.0. The summed E-state index contributed by atoms with van der Waals surface area (Å²) in [5.74, 6) is -0.463. The van der Waals surface area contributed by atoms with Gasteiger partial charge in [0.25, 0.3) is 0 Å². The Morgan fingerprint density at radius 1 is 1.07 bits per heavy atom. The lowest BCUT2D eigenvalue weighted by Gasteiger charge is -2.60. The topological polar surface area (TPSA) is 63.2 Å². The summed E-state index contributed by atoms with van der Waals surface area (Å²) in [6, 6.07) is 0. The van der Waals surface area contributed by atoms with Crippen LogP contribution in [0.15, 0.2) is 12.2 Å². The molecule has 0 unspecified atom stereocenters. The van der Waals surface area contributed by atoms with Crippen molar-refractivity contribution in [2.75, 3.05) is 26.4 Å². The van der Waals surface area contributed by atoms with Crippen LogP contribution >= 0.6 is 0 Å². The zero-order valence-electron chi connectivity index (χ0n) is 17.5. The van der Waals surface area contributed by atoms with Gasteiger partial charge in [-0.3, -0.25) is 4.79 Å². The first-order valence-corrected chi connectivity index (χ1v) is 11.4. The molecular formula is C23H32O6. The fourth-order valence-electron chi connectivity index (χ4n) is 7.65. The Morgan fingerprint density at radius 2 is 1.79 bits per heavy atom. The van der Waals surface area contributed by atoms with E-state index in [1.165, 1.54) is 0 Å². The molecule has 2 bridgehead atoms. The fraction of sp³-hybridized carbons (Fsp3) is 0.870. The van der Waals surface area contributed by atoms with Crippen LogP contribution < -0.4 is 0 Å². The predicted octanol–water partition coefficient (Wildman–Crippen LogP) is 2.99. The molecule has 0 amide bonds.